The van der Waals surface area contributed by atoms with Crippen LogP contribution < -0.4 is 40.2 Å². The number of nitrogens with zero attached hydrogens (tertiary/aromatic N) is 16. The van der Waals surface area contributed by atoms with Crippen LogP contribution in [0.1, 0.15) is 100.0 Å². The largest absolute Gasteiger partial charge is 0.441 e. The molecule has 0 unspecified atom stereocenters. The van der Waals surface area contributed by atoms with Crippen molar-refractivity contribution in [1.82, 2.24) is 79.9 Å². The number of alkyl halides is 3. The molecule has 0 radical (unpaired) electrons. The van der Waals surface area contributed by atoms with Crippen molar-refractivity contribution in [2.24, 2.45) is 28.2 Å². The minimum absolute atomic E-state index is 0.0629. The van der Waals surface area contributed by atoms with Crippen LogP contribution in [0.15, 0.2) is 140 Å². The van der Waals surface area contributed by atoms with Gasteiger partial charge in [0.2, 0.25) is 40.1 Å². The van der Waals surface area contributed by atoms with E-state index in [1.54, 1.807) is 148 Å². The van der Waals surface area contributed by atoms with Gasteiger partial charge in [0, 0.05) is 49.4 Å². The van der Waals surface area contributed by atoms with Gasteiger partial charge in [-0.3, -0.25) is 40.2 Å². The lowest BCUT2D eigenvalue weighted by Crippen LogP contribution is -2.23. The van der Waals surface area contributed by atoms with E-state index in [9.17, 15) is 66.0 Å². The summed E-state index contributed by atoms with van der Waals surface area (Å²) in [6, 6.07) is 38.1. The normalized spacial score (nSPS) is 12.3. The Morgan fingerprint density at radius 3 is 0.953 bits per heavy atom. The zero-order valence-electron chi connectivity index (χ0n) is 71.6. The fraction of sp³-hybridized carbons (Fsp3) is 0.291. The second-order valence-electron chi connectivity index (χ2n) is 28.6. The van der Waals surface area contributed by atoms with Gasteiger partial charge in [0.05, 0.1) is 93.3 Å². The van der Waals surface area contributed by atoms with Crippen LogP contribution in [0.25, 0.3) is 45.6 Å². The van der Waals surface area contributed by atoms with Gasteiger partial charge in [-0.05, 0) is 134 Å². The Balaban J connectivity index is 0.000000193. The maximum atomic E-state index is 13.6. The van der Waals surface area contributed by atoms with Crippen LogP contribution >= 0.6 is 23.2 Å². The fourth-order valence-electron chi connectivity index (χ4n) is 11.8. The van der Waals surface area contributed by atoms with Gasteiger partial charge in [-0.2, -0.15) is 0 Å². The first-order valence-corrected chi connectivity index (χ1v) is 46.1. The van der Waals surface area contributed by atoms with Crippen molar-refractivity contribution < 1.29 is 85.0 Å². The molecule has 4 atom stereocenters. The Hall–Kier alpha value is -13.5. The van der Waals surface area contributed by atoms with E-state index in [1.165, 1.54) is 62.2 Å². The van der Waals surface area contributed by atoms with Gasteiger partial charge in [0.15, 0.2) is 58.3 Å². The summed E-state index contributed by atoms with van der Waals surface area (Å²) in [6.45, 7) is 14.7. The third-order valence-corrected chi connectivity index (χ3v) is 20.9. The summed E-state index contributed by atoms with van der Waals surface area (Å²) in [5, 5.41) is 42.9. The number of hydrogen-bond donors (Lipinski definition) is 8. The Morgan fingerprint density at radius 1 is 0.383 bits per heavy atom. The van der Waals surface area contributed by atoms with Gasteiger partial charge in [0.1, 0.15) is 18.9 Å². The van der Waals surface area contributed by atoms with Crippen LogP contribution in [0.3, 0.4) is 0 Å². The number of hydrogen-bond acceptors (Lipinski definition) is 28. The number of sulfonamides is 4. The number of benzene rings is 4. The Labute approximate surface area is 744 Å². The number of carbonyl (C=O) groups is 4. The highest BCUT2D eigenvalue weighted by Crippen LogP contribution is 2.36. The molecule has 0 aliphatic heterocycles. The second-order valence-corrected chi connectivity index (χ2v) is 36.4. The molecule has 128 heavy (non-hydrogen) atoms. The van der Waals surface area contributed by atoms with Crippen LogP contribution in [-0.4, -0.2) is 176 Å². The van der Waals surface area contributed by atoms with Gasteiger partial charge in [-0.15, -0.1) is 20.4 Å². The number of anilines is 8. The molecule has 49 heteroatoms. The minimum Gasteiger partial charge on any atom is -0.441 e. The van der Waals surface area contributed by atoms with Crippen LogP contribution in [-0.2, 0) is 87.2 Å². The highest BCUT2D eigenvalue weighted by Gasteiger charge is 2.31. The summed E-state index contributed by atoms with van der Waals surface area (Å²) in [5.74, 6) is 0.792. The molecule has 0 aliphatic rings. The molecule has 8 heterocycles. The van der Waals surface area contributed by atoms with Gasteiger partial charge in [-0.25, -0.2) is 105 Å². The monoisotopic (exact) mass is 1880 g/mol. The molecule has 8 aromatic heterocycles. The molecule has 0 aliphatic carbocycles. The molecule has 40 nitrogen and oxygen atoms in total. The Kier molecular flexibility index (Phi) is 32.4. The van der Waals surface area contributed by atoms with E-state index in [4.69, 9.17) is 42.1 Å². The van der Waals surface area contributed by atoms with Crippen molar-refractivity contribution in [3.05, 3.63) is 211 Å². The molecular formula is C79H89Cl2F3N24O16S4. The summed E-state index contributed by atoms with van der Waals surface area (Å²) in [5.41, 5.74) is 10.2. The van der Waals surface area contributed by atoms with E-state index >= 15 is 0 Å². The number of aromatic nitrogens is 16. The Morgan fingerprint density at radius 2 is 0.672 bits per heavy atom. The number of aryl methyl sites for hydroxylation is 11. The Bertz CT molecular complexity index is 6380. The average Bonchev–Trinajstić information content (AvgIpc) is 1.66. The molecule has 12 aromatic rings. The van der Waals surface area contributed by atoms with Gasteiger partial charge < -0.3 is 18.9 Å². The first-order valence-electron chi connectivity index (χ1n) is 37.8. The second kappa shape index (κ2) is 42.2. The van der Waals surface area contributed by atoms with E-state index in [0.717, 1.165) is 41.7 Å². The summed E-state index contributed by atoms with van der Waals surface area (Å²) in [6.07, 6.45) is -6.22. The lowest BCUT2D eigenvalue weighted by atomic mass is 10.1. The first kappa shape index (κ1) is 98.3. The van der Waals surface area contributed by atoms with E-state index in [1.807, 2.05) is 38.1 Å². The molecule has 4 amide bonds. The molecule has 4 aromatic carbocycles. The topological polar surface area (TPSA) is 512 Å². The highest BCUT2D eigenvalue weighted by molar-refractivity contribution is 7.92. The van der Waals surface area contributed by atoms with Crippen LogP contribution in [0.4, 0.5) is 78.4 Å². The van der Waals surface area contributed by atoms with Gasteiger partial charge in [-0.1, -0.05) is 140 Å². The minimum atomic E-state index is -3.50. The van der Waals surface area contributed by atoms with Crippen molar-refractivity contribution in [1.29, 1.82) is 0 Å². The molecule has 8 N–H and O–H groups in total. The lowest BCUT2D eigenvalue weighted by molar-refractivity contribution is -0.0143. The standard InChI is InChI=1S/2C20H23ClN6O4S.C20H22F2N6O4S.C19H21FN6O4S/c2*1-11-6-7-15(21)14(10-11)13(3)31-20(28)23-19-18(24-26-27(19)4)17-9-8-16(12(2)22-17)25-32(5,29)30;1-11-6-5-7-13(10-11)17(18(21)22)32-20(29)24-19-16(25-27-28(19)3)15-9-8-14(12(2)23-15)26-33(4,30)31;1-12-14(24-31(3,28)29)9-10-15(21-12)17-18(26(2)25-23-17)22-19(27)30-16(11-20)13-7-5-4-6-8-13/h2*6-10,13,25H,1-5H3,(H,23,28);5-10,17-18,26H,1-4H3,(H,24,29);4-10,16,24H,11H2,1-3H3,(H,22,27)/t2*13-;17-;16-/m1101/s1. The van der Waals surface area contributed by atoms with E-state index in [2.05, 4.69) is 101 Å². The predicted octanol–water partition coefficient (Wildman–Crippen LogP) is 13.9. The zero-order chi connectivity index (χ0) is 94.2. The summed E-state index contributed by atoms with van der Waals surface area (Å²) in [4.78, 5) is 67.4. The maximum Gasteiger partial charge on any atom is 0.413 e. The van der Waals surface area contributed by atoms with Gasteiger partial charge >= 0.3 is 24.4 Å². The molecule has 12 rings (SSSR count). The average molecular weight is 1890 g/mol. The molecule has 0 saturated carbocycles. The van der Waals surface area contributed by atoms with Crippen LogP contribution in [0, 0.1) is 48.5 Å². The predicted molar refractivity (Wildman–Crippen MR) is 474 cm³/mol. The molecule has 0 bridgehead atoms. The fourth-order valence-corrected chi connectivity index (χ4v) is 14.8. The van der Waals surface area contributed by atoms with Crippen molar-refractivity contribution in [3.63, 3.8) is 0 Å². The number of rotatable bonds is 26. The van der Waals surface area contributed by atoms with Crippen molar-refractivity contribution in [3.8, 4) is 45.6 Å². The molecule has 0 spiro atoms. The summed E-state index contributed by atoms with van der Waals surface area (Å²) < 4.78 is 168. The van der Waals surface area contributed by atoms with Crippen molar-refractivity contribution >= 4 is 134 Å². The summed E-state index contributed by atoms with van der Waals surface area (Å²) in [7, 11) is -7.58. The van der Waals surface area contributed by atoms with E-state index < -0.39 is 102 Å². The van der Waals surface area contributed by atoms with Crippen LogP contribution in [0.5, 0.6) is 0 Å². The number of carbonyl (C=O) groups excluding carboxylic acids is 4. The SMILES string of the molecule is Cc1ccc(Cl)c([C@@H](C)OC(=O)Nc2c(-c3ccc(NS(C)(=O)=O)c(C)n3)nnn2C)c1.Cc1ccc(Cl)c([C@@H](C)OC(=O)Nc2c(-c3ccc(NS(C)(=O)=O)c(C)n3)nnn2C)c1.Cc1cccc([C@H](OC(=O)Nc2c(-c3ccc(NS(C)(=O)=O)c(C)n3)nnn2C)C(F)F)c1.Cc1nc(-c2nnn(C)c2NC(=O)O[C@H](CF)c2ccccc2)ccc1NS(C)(=O)=O. The highest BCUT2D eigenvalue weighted by atomic mass is 35.5. The van der Waals surface area contributed by atoms with Crippen LogP contribution in [0.2, 0.25) is 10.0 Å². The number of pyridine rings is 4. The molecule has 0 fully saturated rings. The number of nitrogens with one attached hydrogen (secondary N) is 8. The molecular weight excluding hydrogens is 1800 g/mol. The quantitative estimate of drug-likeness (QED) is 0.0233. The van der Waals surface area contributed by atoms with Crippen molar-refractivity contribution in [2.75, 3.05) is 71.9 Å². The molecule has 0 saturated heterocycles. The van der Waals surface area contributed by atoms with E-state index in [-0.39, 0.29) is 51.6 Å². The maximum absolute atomic E-state index is 13.6. The number of ether oxygens (including phenoxy) is 4. The lowest BCUT2D eigenvalue weighted by Gasteiger charge is -2.18. The smallest absolute Gasteiger partial charge is 0.413 e. The number of amides is 4. The van der Waals surface area contributed by atoms with Gasteiger partial charge in [0.25, 0.3) is 6.43 Å². The van der Waals surface area contributed by atoms with Crippen molar-refractivity contribution in [2.45, 2.75) is 93.2 Å². The number of halogens is 5. The zero-order valence-corrected chi connectivity index (χ0v) is 76.4. The van der Waals surface area contributed by atoms with E-state index in [0.29, 0.717) is 95.0 Å². The first-order chi connectivity index (χ1) is 60.0. The molecule has 680 valence electrons. The third-order valence-electron chi connectivity index (χ3n) is 17.8. The third kappa shape index (κ3) is 27.7. The summed E-state index contributed by atoms with van der Waals surface area (Å²) >= 11 is 12.5.